The molecule has 3 aromatic heterocycles. The van der Waals surface area contributed by atoms with Crippen LogP contribution >= 0.6 is 11.3 Å². The summed E-state index contributed by atoms with van der Waals surface area (Å²) >= 11 is 0.382. The van der Waals surface area contributed by atoms with Gasteiger partial charge in [0.1, 0.15) is 15.8 Å². The van der Waals surface area contributed by atoms with E-state index in [0.29, 0.717) is 18.2 Å². The molecular formula is C20H25N5O2S2. The molecule has 1 aliphatic carbocycles. The second-order valence-corrected chi connectivity index (χ2v) is 10.5. The highest BCUT2D eigenvalue weighted by molar-refractivity contribution is 7.94. The number of aliphatic hydroxyl groups excluding tert-OH is 1. The average Bonchev–Trinajstić information content (AvgIpc) is 3.01. The summed E-state index contributed by atoms with van der Waals surface area (Å²) in [5.41, 5.74) is 9.77. The minimum atomic E-state index is -1.06. The Morgan fingerprint density at radius 1 is 1.34 bits per heavy atom. The first-order chi connectivity index (χ1) is 14.0. The second kappa shape index (κ2) is 8.43. The van der Waals surface area contributed by atoms with Crippen molar-refractivity contribution in [3.8, 4) is 11.3 Å². The molecule has 0 radical (unpaired) electrons. The lowest BCUT2D eigenvalue weighted by molar-refractivity contribution is 0.311. The van der Waals surface area contributed by atoms with Crippen LogP contribution in [-0.4, -0.2) is 43.0 Å². The lowest BCUT2D eigenvalue weighted by Crippen LogP contribution is -2.28. The van der Waals surface area contributed by atoms with E-state index in [2.05, 4.69) is 29.1 Å². The van der Waals surface area contributed by atoms with Crippen LogP contribution in [-0.2, 0) is 11.2 Å². The Hall–Kier alpha value is -1.94. The van der Waals surface area contributed by atoms with Crippen LogP contribution in [0.3, 0.4) is 0 Å². The second-order valence-electron chi connectivity index (χ2n) is 7.53. The summed E-state index contributed by atoms with van der Waals surface area (Å²) in [4.78, 5) is 14.2. The maximum Gasteiger partial charge on any atom is 0.232 e. The third kappa shape index (κ3) is 3.92. The zero-order valence-corrected chi connectivity index (χ0v) is 18.1. The SMILES string of the molecule is CC(C)c1cc(-c2cnc(NCCO)nc2)nc2sc([S@@+]([O-])C3CCC3)c(N)c12. The molecule has 1 fully saturated rings. The number of hydrogen-bond acceptors (Lipinski definition) is 8. The molecule has 0 bridgehead atoms. The molecule has 0 aromatic carbocycles. The van der Waals surface area contributed by atoms with Crippen molar-refractivity contribution in [2.45, 2.75) is 48.5 Å². The van der Waals surface area contributed by atoms with Gasteiger partial charge in [0.2, 0.25) is 10.2 Å². The summed E-state index contributed by atoms with van der Waals surface area (Å²) in [5.74, 6) is 0.707. The molecule has 7 nitrogen and oxygen atoms in total. The van der Waals surface area contributed by atoms with Crippen LogP contribution in [0.1, 0.15) is 44.6 Å². The molecule has 9 heteroatoms. The van der Waals surface area contributed by atoms with Crippen molar-refractivity contribution in [2.75, 3.05) is 24.2 Å². The average molecular weight is 432 g/mol. The van der Waals surface area contributed by atoms with E-state index in [0.717, 1.165) is 50.5 Å². The Morgan fingerprint density at radius 2 is 2.07 bits per heavy atom. The van der Waals surface area contributed by atoms with Gasteiger partial charge in [-0.05, 0) is 36.8 Å². The highest BCUT2D eigenvalue weighted by atomic mass is 32.2. The number of aromatic nitrogens is 3. The zero-order valence-electron chi connectivity index (χ0n) is 16.5. The molecule has 1 atom stereocenters. The molecule has 1 aliphatic rings. The molecule has 3 heterocycles. The van der Waals surface area contributed by atoms with Crippen LogP contribution in [0.25, 0.3) is 21.5 Å². The van der Waals surface area contributed by atoms with Crippen LogP contribution in [0.4, 0.5) is 11.6 Å². The fraction of sp³-hybridized carbons (Fsp3) is 0.450. The molecule has 0 spiro atoms. The number of hydrogen-bond donors (Lipinski definition) is 3. The summed E-state index contributed by atoms with van der Waals surface area (Å²) in [7, 11) is 0. The first kappa shape index (κ1) is 20.3. The summed E-state index contributed by atoms with van der Waals surface area (Å²) < 4.78 is 13.7. The molecular weight excluding hydrogens is 406 g/mol. The number of thiophene rings is 1. The molecule has 1 saturated carbocycles. The number of fused-ring (bicyclic) bond motifs is 1. The maximum atomic E-state index is 12.9. The van der Waals surface area contributed by atoms with E-state index in [9.17, 15) is 4.55 Å². The Bertz CT molecular complexity index is 1000. The predicted octanol–water partition coefficient (Wildman–Crippen LogP) is 3.52. The molecule has 29 heavy (non-hydrogen) atoms. The van der Waals surface area contributed by atoms with Gasteiger partial charge in [-0.3, -0.25) is 0 Å². The van der Waals surface area contributed by atoms with Crippen LogP contribution < -0.4 is 11.1 Å². The van der Waals surface area contributed by atoms with Crippen molar-refractivity contribution >= 4 is 44.4 Å². The van der Waals surface area contributed by atoms with Crippen LogP contribution in [0.5, 0.6) is 0 Å². The fourth-order valence-corrected chi connectivity index (χ4v) is 6.56. The van der Waals surface area contributed by atoms with Gasteiger partial charge >= 0.3 is 0 Å². The van der Waals surface area contributed by atoms with Crippen molar-refractivity contribution in [2.24, 2.45) is 0 Å². The van der Waals surface area contributed by atoms with Gasteiger partial charge in [-0.15, -0.1) is 0 Å². The van der Waals surface area contributed by atoms with Gasteiger partial charge in [0.15, 0.2) is 0 Å². The first-order valence-corrected chi connectivity index (χ1v) is 11.8. The van der Waals surface area contributed by atoms with Crippen LogP contribution in [0.2, 0.25) is 0 Å². The molecule has 154 valence electrons. The number of rotatable bonds is 7. The maximum absolute atomic E-state index is 12.9. The standard InChI is InChI=1S/C20H25N5O2S2/c1-11(2)14-8-15(12-9-23-20(24-10-12)22-6-7-26)25-18-16(14)17(21)19(28-18)29(27)13-4-3-5-13/h8-11,13,26H,3-7,21H2,1-2H3,(H,22,23,24)/t29-/m0/s1. The monoisotopic (exact) mass is 431 g/mol. The van der Waals surface area contributed by atoms with Crippen molar-refractivity contribution in [1.82, 2.24) is 15.0 Å². The molecule has 0 unspecified atom stereocenters. The van der Waals surface area contributed by atoms with E-state index in [-0.39, 0.29) is 17.8 Å². The normalized spacial score (nSPS) is 15.6. The number of pyridine rings is 1. The van der Waals surface area contributed by atoms with Crippen molar-refractivity contribution in [1.29, 1.82) is 0 Å². The van der Waals surface area contributed by atoms with Gasteiger partial charge in [-0.25, -0.2) is 15.0 Å². The Labute approximate surface area is 177 Å². The number of nitrogens with zero attached hydrogens (tertiary/aromatic N) is 3. The Kier molecular flexibility index (Phi) is 5.91. The third-order valence-electron chi connectivity index (χ3n) is 5.20. The van der Waals surface area contributed by atoms with Gasteiger partial charge in [-0.2, -0.15) is 0 Å². The van der Waals surface area contributed by atoms with Crippen molar-refractivity contribution < 1.29 is 9.66 Å². The number of aliphatic hydroxyl groups is 1. The van der Waals surface area contributed by atoms with Gasteiger partial charge in [0, 0.05) is 41.1 Å². The summed E-state index contributed by atoms with van der Waals surface area (Å²) in [6.07, 6.45) is 6.59. The fourth-order valence-electron chi connectivity index (χ4n) is 3.34. The van der Waals surface area contributed by atoms with Gasteiger partial charge < -0.3 is 20.7 Å². The Balaban J connectivity index is 1.76. The van der Waals surface area contributed by atoms with Crippen molar-refractivity contribution in [3.05, 3.63) is 24.0 Å². The van der Waals surface area contributed by atoms with Crippen LogP contribution in [0, 0.1) is 0 Å². The topological polar surface area (TPSA) is 120 Å². The minimum Gasteiger partial charge on any atom is -0.611 e. The van der Waals surface area contributed by atoms with Gasteiger partial charge in [0.05, 0.1) is 12.3 Å². The highest BCUT2D eigenvalue weighted by Gasteiger charge is 2.35. The third-order valence-corrected chi connectivity index (χ3v) is 8.50. The van der Waals surface area contributed by atoms with E-state index in [4.69, 9.17) is 15.8 Å². The number of anilines is 2. The minimum absolute atomic E-state index is 0.0193. The molecule has 0 saturated heterocycles. The summed E-state index contributed by atoms with van der Waals surface area (Å²) in [6, 6.07) is 2.03. The van der Waals surface area contributed by atoms with E-state index >= 15 is 0 Å². The Morgan fingerprint density at radius 3 is 2.66 bits per heavy atom. The first-order valence-electron chi connectivity index (χ1n) is 9.80. The van der Waals surface area contributed by atoms with Gasteiger partial charge in [-0.1, -0.05) is 25.2 Å². The largest absolute Gasteiger partial charge is 0.611 e. The molecule has 4 N–H and O–H groups in total. The van der Waals surface area contributed by atoms with Gasteiger partial charge in [0.25, 0.3) is 0 Å². The molecule has 4 rings (SSSR count). The predicted molar refractivity (Wildman–Crippen MR) is 119 cm³/mol. The number of nitrogens with two attached hydrogens (primary N) is 1. The number of nitrogens with one attached hydrogen (secondary N) is 1. The van der Waals surface area contributed by atoms with E-state index in [1.165, 1.54) is 11.3 Å². The molecule has 0 amide bonds. The van der Waals surface area contributed by atoms with Crippen molar-refractivity contribution in [3.63, 3.8) is 0 Å². The number of nitrogen functional groups attached to an aromatic ring is 1. The summed E-state index contributed by atoms with van der Waals surface area (Å²) in [6.45, 7) is 4.66. The lowest BCUT2D eigenvalue weighted by atomic mass is 9.98. The summed E-state index contributed by atoms with van der Waals surface area (Å²) in [5, 5.41) is 13.0. The van der Waals surface area contributed by atoms with Crippen LogP contribution in [0.15, 0.2) is 22.7 Å². The molecule has 3 aromatic rings. The van der Waals surface area contributed by atoms with E-state index in [1.54, 1.807) is 12.4 Å². The lowest BCUT2D eigenvalue weighted by Gasteiger charge is -2.27. The highest BCUT2D eigenvalue weighted by Crippen LogP contribution is 2.44. The smallest absolute Gasteiger partial charge is 0.232 e. The van der Waals surface area contributed by atoms with E-state index in [1.807, 2.05) is 6.07 Å². The molecule has 0 aliphatic heterocycles. The van der Waals surface area contributed by atoms with E-state index < -0.39 is 11.2 Å². The quantitative estimate of drug-likeness (QED) is 0.489. The zero-order chi connectivity index (χ0) is 20.5.